The fourth-order valence-corrected chi connectivity index (χ4v) is 2.17. The summed E-state index contributed by atoms with van der Waals surface area (Å²) in [7, 11) is 1.35. The fourth-order valence-electron chi connectivity index (χ4n) is 1.81. The molecule has 0 bridgehead atoms. The number of hydrogen-bond donors (Lipinski definition) is 1. The van der Waals surface area contributed by atoms with Crippen LogP contribution in [-0.4, -0.2) is 7.11 Å². The molecule has 2 N–H and O–H groups in total. The van der Waals surface area contributed by atoms with Gasteiger partial charge < -0.3 is 10.5 Å². The summed E-state index contributed by atoms with van der Waals surface area (Å²) in [5.41, 5.74) is 6.44. The van der Waals surface area contributed by atoms with Crippen LogP contribution in [0.4, 0.5) is 8.78 Å². The van der Waals surface area contributed by atoms with Gasteiger partial charge >= 0.3 is 0 Å². The molecule has 0 aromatic heterocycles. The molecule has 0 aliphatic heterocycles. The van der Waals surface area contributed by atoms with Crippen molar-refractivity contribution in [3.05, 3.63) is 62.7 Å². The highest BCUT2D eigenvalue weighted by molar-refractivity contribution is 14.1. The van der Waals surface area contributed by atoms with Crippen molar-refractivity contribution >= 4 is 22.6 Å². The van der Waals surface area contributed by atoms with Crippen LogP contribution in [0.1, 0.15) is 17.2 Å². The smallest absolute Gasteiger partial charge is 0.134 e. The monoisotopic (exact) mass is 375 g/mol. The Hall–Kier alpha value is -1.21. The van der Waals surface area contributed by atoms with Gasteiger partial charge in [-0.15, -0.1) is 0 Å². The number of nitrogens with two attached hydrogens (primary N) is 1. The first-order valence-corrected chi connectivity index (χ1v) is 6.64. The molecule has 2 nitrogen and oxygen atoms in total. The minimum Gasteiger partial charge on any atom is -0.497 e. The quantitative estimate of drug-likeness (QED) is 0.832. The Kier molecular flexibility index (Phi) is 4.36. The van der Waals surface area contributed by atoms with Crippen molar-refractivity contribution in [2.75, 3.05) is 7.11 Å². The van der Waals surface area contributed by atoms with E-state index < -0.39 is 17.7 Å². The highest BCUT2D eigenvalue weighted by Gasteiger charge is 2.19. The van der Waals surface area contributed by atoms with Gasteiger partial charge in [-0.05, 0) is 40.3 Å². The minimum atomic E-state index is -0.845. The van der Waals surface area contributed by atoms with Gasteiger partial charge in [0.2, 0.25) is 0 Å². The molecule has 5 heteroatoms. The Bertz CT molecular complexity index is 563. The third-order valence-electron chi connectivity index (χ3n) is 2.83. The van der Waals surface area contributed by atoms with E-state index in [0.717, 1.165) is 15.7 Å². The van der Waals surface area contributed by atoms with Gasteiger partial charge in [-0.1, -0.05) is 12.1 Å². The highest BCUT2D eigenvalue weighted by atomic mass is 127. The highest BCUT2D eigenvalue weighted by Crippen LogP contribution is 2.28. The molecule has 1 unspecified atom stereocenters. The molecule has 0 heterocycles. The van der Waals surface area contributed by atoms with E-state index in [0.29, 0.717) is 5.56 Å². The zero-order valence-electron chi connectivity index (χ0n) is 10.2. The van der Waals surface area contributed by atoms with E-state index in [1.165, 1.54) is 7.11 Å². The maximum Gasteiger partial charge on any atom is 0.134 e. The van der Waals surface area contributed by atoms with Crippen molar-refractivity contribution in [2.24, 2.45) is 5.73 Å². The Morgan fingerprint density at radius 3 is 2.11 bits per heavy atom. The van der Waals surface area contributed by atoms with Crippen molar-refractivity contribution in [3.63, 3.8) is 0 Å². The van der Waals surface area contributed by atoms with E-state index in [1.54, 1.807) is 12.1 Å². The van der Waals surface area contributed by atoms with Gasteiger partial charge in [-0.2, -0.15) is 0 Å². The molecule has 2 aromatic carbocycles. The average Bonchev–Trinajstić information content (AvgIpc) is 2.38. The molecule has 1 atom stereocenters. The van der Waals surface area contributed by atoms with Gasteiger partial charge in [-0.3, -0.25) is 0 Å². The maximum atomic E-state index is 13.9. The molecular weight excluding hydrogens is 363 g/mol. The molecule has 2 rings (SSSR count). The standard InChI is InChI=1S/C14H12F2INO/c1-19-10-6-11(15)13(12(16)7-10)14(18)8-2-4-9(17)5-3-8/h2-7,14H,18H2,1H3. The van der Waals surface area contributed by atoms with E-state index in [1.807, 2.05) is 12.1 Å². The van der Waals surface area contributed by atoms with Crippen LogP contribution in [0.25, 0.3) is 0 Å². The van der Waals surface area contributed by atoms with E-state index >= 15 is 0 Å². The second kappa shape index (κ2) is 5.83. The first-order valence-electron chi connectivity index (χ1n) is 5.57. The third kappa shape index (κ3) is 3.03. The normalized spacial score (nSPS) is 12.3. The maximum absolute atomic E-state index is 13.9. The van der Waals surface area contributed by atoms with Crippen molar-refractivity contribution in [2.45, 2.75) is 6.04 Å². The molecule has 19 heavy (non-hydrogen) atoms. The fraction of sp³-hybridized carbons (Fsp3) is 0.143. The van der Waals surface area contributed by atoms with Crippen LogP contribution in [0, 0.1) is 15.2 Å². The second-order valence-electron chi connectivity index (χ2n) is 4.03. The van der Waals surface area contributed by atoms with E-state index in [2.05, 4.69) is 22.6 Å². The van der Waals surface area contributed by atoms with Gasteiger partial charge in [0.25, 0.3) is 0 Å². The number of benzene rings is 2. The number of methoxy groups -OCH3 is 1. The number of halogens is 3. The van der Waals surface area contributed by atoms with Gasteiger partial charge in [0.05, 0.1) is 13.2 Å². The lowest BCUT2D eigenvalue weighted by atomic mass is 9.98. The second-order valence-corrected chi connectivity index (χ2v) is 5.28. The lowest BCUT2D eigenvalue weighted by Crippen LogP contribution is -2.15. The summed E-state index contributed by atoms with van der Waals surface area (Å²) < 4.78 is 33.7. The Morgan fingerprint density at radius 2 is 1.63 bits per heavy atom. The Balaban J connectivity index is 2.44. The summed E-state index contributed by atoms with van der Waals surface area (Å²) in [6.45, 7) is 0. The van der Waals surface area contributed by atoms with Gasteiger partial charge in [0.1, 0.15) is 17.4 Å². The van der Waals surface area contributed by atoms with Crippen molar-refractivity contribution in [1.82, 2.24) is 0 Å². The van der Waals surface area contributed by atoms with Gasteiger partial charge in [0.15, 0.2) is 0 Å². The van der Waals surface area contributed by atoms with Crippen LogP contribution in [0.5, 0.6) is 5.75 Å². The average molecular weight is 375 g/mol. The van der Waals surface area contributed by atoms with Crippen LogP contribution < -0.4 is 10.5 Å². The molecule has 0 radical (unpaired) electrons. The topological polar surface area (TPSA) is 35.2 Å². The molecule has 0 aliphatic carbocycles. The van der Waals surface area contributed by atoms with Crippen molar-refractivity contribution in [1.29, 1.82) is 0 Å². The third-order valence-corrected chi connectivity index (χ3v) is 3.55. The predicted octanol–water partition coefficient (Wildman–Crippen LogP) is 3.63. The van der Waals surface area contributed by atoms with E-state index in [-0.39, 0.29) is 11.3 Å². The molecule has 0 fully saturated rings. The summed E-state index contributed by atoms with van der Waals surface area (Å²) in [6, 6.07) is 8.62. The zero-order valence-corrected chi connectivity index (χ0v) is 12.3. The molecule has 0 saturated carbocycles. The van der Waals surface area contributed by atoms with Crippen LogP contribution in [0.15, 0.2) is 36.4 Å². The summed E-state index contributed by atoms with van der Waals surface area (Å²) in [5, 5.41) is 0. The molecule has 0 spiro atoms. The SMILES string of the molecule is COc1cc(F)c(C(N)c2ccc(I)cc2)c(F)c1. The van der Waals surface area contributed by atoms with Crippen molar-refractivity contribution in [3.8, 4) is 5.75 Å². The zero-order chi connectivity index (χ0) is 14.0. The van der Waals surface area contributed by atoms with Crippen LogP contribution in [0.2, 0.25) is 0 Å². The lowest BCUT2D eigenvalue weighted by Gasteiger charge is -2.15. The molecule has 0 saturated heterocycles. The summed E-state index contributed by atoms with van der Waals surface area (Å²) in [5.74, 6) is -1.28. The van der Waals surface area contributed by atoms with Crippen LogP contribution in [0.3, 0.4) is 0 Å². The van der Waals surface area contributed by atoms with Crippen LogP contribution >= 0.6 is 22.6 Å². The molecular formula is C14H12F2INO. The van der Waals surface area contributed by atoms with Gasteiger partial charge in [-0.25, -0.2) is 8.78 Å². The lowest BCUT2D eigenvalue weighted by molar-refractivity contribution is 0.404. The van der Waals surface area contributed by atoms with E-state index in [4.69, 9.17) is 10.5 Å². The summed E-state index contributed by atoms with van der Waals surface area (Å²) >= 11 is 2.15. The number of ether oxygens (including phenoxy) is 1. The van der Waals surface area contributed by atoms with Crippen molar-refractivity contribution < 1.29 is 13.5 Å². The predicted molar refractivity (Wildman–Crippen MR) is 78.1 cm³/mol. The Labute approximate surface area is 123 Å². The Morgan fingerprint density at radius 1 is 1.11 bits per heavy atom. The van der Waals surface area contributed by atoms with E-state index in [9.17, 15) is 8.78 Å². The number of rotatable bonds is 3. The first kappa shape index (κ1) is 14.2. The van der Waals surface area contributed by atoms with Crippen LogP contribution in [-0.2, 0) is 0 Å². The molecule has 100 valence electrons. The summed E-state index contributed by atoms with van der Waals surface area (Å²) in [6.07, 6.45) is 0. The first-order chi connectivity index (χ1) is 9.02. The minimum absolute atomic E-state index is 0.133. The molecule has 2 aromatic rings. The largest absolute Gasteiger partial charge is 0.497 e. The van der Waals surface area contributed by atoms with Gasteiger partial charge in [0, 0.05) is 21.3 Å². The number of hydrogen-bond acceptors (Lipinski definition) is 2. The molecule has 0 aliphatic rings. The molecule has 0 amide bonds. The summed E-state index contributed by atoms with van der Waals surface area (Å²) in [4.78, 5) is 0.